The van der Waals surface area contributed by atoms with Gasteiger partial charge in [-0.15, -0.1) is 0 Å². The molecule has 4 aromatic rings. The Balaban J connectivity index is 1.33. The first kappa shape index (κ1) is 26.2. The zero-order valence-corrected chi connectivity index (χ0v) is 22.2. The summed E-state index contributed by atoms with van der Waals surface area (Å²) in [4.78, 5) is 15.9. The average molecular weight is 543 g/mol. The molecular weight excluding hydrogens is 513 g/mol. The van der Waals surface area contributed by atoms with Gasteiger partial charge in [0.15, 0.2) is 0 Å². The summed E-state index contributed by atoms with van der Waals surface area (Å²) in [6.07, 6.45) is 1.64. The van der Waals surface area contributed by atoms with Gasteiger partial charge in [-0.25, -0.2) is 9.97 Å². The fraction of sp³-hybridized carbons (Fsp3) is 0.333. The molecule has 1 saturated heterocycles. The summed E-state index contributed by atoms with van der Waals surface area (Å²) in [5.74, 6) is 1.84. The van der Waals surface area contributed by atoms with Crippen LogP contribution < -0.4 is 21.0 Å². The number of hydrogen-bond acceptors (Lipinski definition) is 12. The van der Waals surface area contributed by atoms with E-state index in [1.54, 1.807) is 18.3 Å². The lowest BCUT2D eigenvalue weighted by atomic mass is 9.80. The second kappa shape index (κ2) is 10.9. The van der Waals surface area contributed by atoms with Crippen LogP contribution in [0.25, 0.3) is 11.5 Å². The standard InChI is InChI=1S/C27H30BN7O5/c1-27(2)24-19(28(37)40-27)8-9-22(32-24)31-23-14-20(30-21(16-36)17-6-4-3-5-7-17)18(15-29-23)25-33-26(34-39-25)35-10-12-38-13-11-35/h3-9,14-15,21,36-37H,10-13,16H2,1-2H3,(H2,29,30,31,32)/t21-/m1/s1. The van der Waals surface area contributed by atoms with E-state index in [2.05, 4.69) is 30.7 Å². The van der Waals surface area contributed by atoms with Crippen molar-refractivity contribution in [2.75, 3.05) is 48.4 Å². The van der Waals surface area contributed by atoms with E-state index >= 15 is 0 Å². The summed E-state index contributed by atoms with van der Waals surface area (Å²) in [6.45, 7) is 6.15. The van der Waals surface area contributed by atoms with Crippen LogP contribution in [0.15, 0.2) is 59.3 Å². The molecule has 0 bridgehead atoms. The molecule has 206 valence electrons. The molecule has 0 radical (unpaired) electrons. The van der Waals surface area contributed by atoms with E-state index in [1.807, 2.05) is 55.1 Å². The number of nitrogens with one attached hydrogen (secondary N) is 2. The maximum atomic E-state index is 10.2. The van der Waals surface area contributed by atoms with E-state index in [0.29, 0.717) is 72.2 Å². The first-order chi connectivity index (χ1) is 19.4. The van der Waals surface area contributed by atoms with Crippen molar-refractivity contribution in [3.05, 3.63) is 66.0 Å². The van der Waals surface area contributed by atoms with Gasteiger partial charge in [0.2, 0.25) is 0 Å². The van der Waals surface area contributed by atoms with Crippen molar-refractivity contribution >= 4 is 35.9 Å². The molecule has 0 saturated carbocycles. The number of benzene rings is 1. The molecule has 4 N–H and O–H groups in total. The lowest BCUT2D eigenvalue weighted by Gasteiger charge is -2.24. The predicted octanol–water partition coefficient (Wildman–Crippen LogP) is 2.21. The van der Waals surface area contributed by atoms with Crippen LogP contribution in [0.1, 0.15) is 31.1 Å². The van der Waals surface area contributed by atoms with Crippen molar-refractivity contribution in [1.29, 1.82) is 0 Å². The van der Waals surface area contributed by atoms with Crippen molar-refractivity contribution in [3.8, 4) is 11.5 Å². The molecule has 2 aliphatic heterocycles. The van der Waals surface area contributed by atoms with Gasteiger partial charge in [-0.05, 0) is 30.6 Å². The number of pyridine rings is 2. The van der Waals surface area contributed by atoms with Crippen LogP contribution in [0, 0.1) is 0 Å². The van der Waals surface area contributed by atoms with E-state index in [4.69, 9.17) is 13.9 Å². The number of aliphatic hydroxyl groups excluding tert-OH is 1. The van der Waals surface area contributed by atoms with Crippen LogP contribution in [0.4, 0.5) is 23.3 Å². The van der Waals surface area contributed by atoms with E-state index < -0.39 is 18.8 Å². The summed E-state index contributed by atoms with van der Waals surface area (Å²) in [7, 11) is -1.01. The SMILES string of the molecule is CC1(C)OB(O)c2ccc(Nc3cc(N[C@H](CO)c4ccccc4)c(-c4nc(N5CCOCC5)no4)cn3)nc21. The van der Waals surface area contributed by atoms with Crippen molar-refractivity contribution in [3.63, 3.8) is 0 Å². The zero-order chi connectivity index (χ0) is 27.7. The minimum atomic E-state index is -1.01. The number of hydrogen-bond donors (Lipinski definition) is 4. The van der Waals surface area contributed by atoms with Crippen LogP contribution in [-0.4, -0.2) is 70.3 Å². The lowest BCUT2D eigenvalue weighted by Crippen LogP contribution is -2.36. The third kappa shape index (κ3) is 5.24. The molecule has 1 atom stereocenters. The highest BCUT2D eigenvalue weighted by Gasteiger charge is 2.42. The number of rotatable bonds is 8. The number of morpholine rings is 1. The molecule has 1 fully saturated rings. The molecule has 0 spiro atoms. The van der Waals surface area contributed by atoms with Gasteiger partial charge >= 0.3 is 7.12 Å². The van der Waals surface area contributed by atoms with Crippen molar-refractivity contribution in [1.82, 2.24) is 20.1 Å². The van der Waals surface area contributed by atoms with E-state index in [-0.39, 0.29) is 6.61 Å². The van der Waals surface area contributed by atoms with Crippen LogP contribution in [0.2, 0.25) is 0 Å². The molecule has 2 aliphatic rings. The normalized spacial score (nSPS) is 17.0. The molecule has 0 aliphatic carbocycles. The van der Waals surface area contributed by atoms with Gasteiger partial charge in [0.1, 0.15) is 11.6 Å². The van der Waals surface area contributed by atoms with E-state index in [9.17, 15) is 10.1 Å². The summed E-state index contributed by atoms with van der Waals surface area (Å²) in [6, 6.07) is 14.7. The Morgan fingerprint density at radius 3 is 2.65 bits per heavy atom. The number of nitrogens with zero attached hydrogens (tertiary/aromatic N) is 5. The average Bonchev–Trinajstić information content (AvgIpc) is 3.55. The summed E-state index contributed by atoms with van der Waals surface area (Å²) < 4.78 is 16.7. The predicted molar refractivity (Wildman–Crippen MR) is 150 cm³/mol. The highest BCUT2D eigenvalue weighted by atomic mass is 16.5. The first-order valence-corrected chi connectivity index (χ1v) is 13.1. The quantitative estimate of drug-likeness (QED) is 0.241. The van der Waals surface area contributed by atoms with Gasteiger partial charge in [0.25, 0.3) is 11.8 Å². The molecule has 5 heterocycles. The van der Waals surface area contributed by atoms with Crippen molar-refractivity contribution in [2.45, 2.75) is 25.5 Å². The fourth-order valence-electron chi connectivity index (χ4n) is 4.89. The van der Waals surface area contributed by atoms with Gasteiger partial charge in [-0.3, -0.25) is 0 Å². The highest BCUT2D eigenvalue weighted by Crippen LogP contribution is 2.34. The molecule has 0 unspecified atom stereocenters. The Kier molecular flexibility index (Phi) is 7.11. The summed E-state index contributed by atoms with van der Waals surface area (Å²) >= 11 is 0. The molecule has 1 aromatic carbocycles. The molecule has 40 heavy (non-hydrogen) atoms. The Bertz CT molecular complexity index is 1480. The van der Waals surface area contributed by atoms with Crippen molar-refractivity contribution < 1.29 is 24.0 Å². The molecule has 0 amide bonds. The second-order valence-corrected chi connectivity index (χ2v) is 10.1. The van der Waals surface area contributed by atoms with Crippen LogP contribution in [-0.2, 0) is 15.0 Å². The van der Waals surface area contributed by atoms with Crippen molar-refractivity contribution in [2.24, 2.45) is 0 Å². The monoisotopic (exact) mass is 543 g/mol. The second-order valence-electron chi connectivity index (χ2n) is 10.1. The maximum Gasteiger partial charge on any atom is 0.493 e. The molecule has 12 nitrogen and oxygen atoms in total. The molecule has 3 aromatic heterocycles. The minimum absolute atomic E-state index is 0.138. The smallest absolute Gasteiger partial charge is 0.423 e. The van der Waals surface area contributed by atoms with Gasteiger partial charge in [0.05, 0.1) is 48.4 Å². The van der Waals surface area contributed by atoms with Crippen LogP contribution in [0.5, 0.6) is 0 Å². The fourth-order valence-corrected chi connectivity index (χ4v) is 4.89. The van der Waals surface area contributed by atoms with Gasteiger partial charge in [0, 0.05) is 30.8 Å². The molecule has 13 heteroatoms. The summed E-state index contributed by atoms with van der Waals surface area (Å²) in [5.41, 5.74) is 2.72. The number of anilines is 4. The Morgan fingerprint density at radius 1 is 1.07 bits per heavy atom. The highest BCUT2D eigenvalue weighted by molar-refractivity contribution is 6.61. The number of fused-ring (bicyclic) bond motifs is 1. The molecule has 6 rings (SSSR count). The van der Waals surface area contributed by atoms with Gasteiger partial charge < -0.3 is 39.6 Å². The van der Waals surface area contributed by atoms with Gasteiger partial charge in [-0.2, -0.15) is 4.98 Å². The van der Waals surface area contributed by atoms with Crippen LogP contribution in [0.3, 0.4) is 0 Å². The Labute approximate surface area is 231 Å². The Hall–Kier alpha value is -4.04. The molecular formula is C27H30BN7O5. The van der Waals surface area contributed by atoms with Gasteiger partial charge in [-0.1, -0.05) is 36.4 Å². The number of ether oxygens (including phenoxy) is 1. The first-order valence-electron chi connectivity index (χ1n) is 13.1. The third-order valence-electron chi connectivity index (χ3n) is 6.98. The number of aromatic nitrogens is 4. The lowest BCUT2D eigenvalue weighted by molar-refractivity contribution is 0.0970. The topological polar surface area (TPSA) is 151 Å². The van der Waals surface area contributed by atoms with Crippen LogP contribution >= 0.6 is 0 Å². The minimum Gasteiger partial charge on any atom is -0.423 e. The maximum absolute atomic E-state index is 10.2. The number of aliphatic hydroxyl groups is 1. The largest absolute Gasteiger partial charge is 0.493 e. The Morgan fingerprint density at radius 2 is 1.88 bits per heavy atom. The third-order valence-corrected chi connectivity index (χ3v) is 6.98. The zero-order valence-electron chi connectivity index (χ0n) is 22.2. The van der Waals surface area contributed by atoms with E-state index in [1.165, 1.54) is 0 Å². The van der Waals surface area contributed by atoms with E-state index in [0.717, 1.165) is 5.56 Å². The summed E-state index contributed by atoms with van der Waals surface area (Å²) in [5, 5.41) is 31.3.